The summed E-state index contributed by atoms with van der Waals surface area (Å²) in [5, 5.41) is 7.72. The van der Waals surface area contributed by atoms with Crippen LogP contribution in [0.1, 0.15) is 32.3 Å². The van der Waals surface area contributed by atoms with E-state index in [1.807, 2.05) is 0 Å². The molecule has 5 amide bonds. The molecule has 9 N–H and O–H groups in total. The molecule has 0 radical (unpaired) electrons. The molecule has 0 saturated carbocycles. The molecule has 0 aliphatic heterocycles. The molecule has 1 aromatic carbocycles. The number of anilines is 1. The number of primary amides is 2. The largest absolute Gasteiger partial charge is 0.436 e. The van der Waals surface area contributed by atoms with Crippen LogP contribution in [0, 0.1) is 5.92 Å². The molecule has 0 saturated heterocycles. The van der Waals surface area contributed by atoms with Crippen molar-refractivity contribution >= 4 is 29.6 Å². The molecule has 1 rings (SSSR count). The fraction of sp³-hybridized carbons (Fsp3) is 0.474. The van der Waals surface area contributed by atoms with Gasteiger partial charge in [0, 0.05) is 18.8 Å². The van der Waals surface area contributed by atoms with E-state index in [2.05, 4.69) is 16.0 Å². The van der Waals surface area contributed by atoms with Gasteiger partial charge in [0.25, 0.3) is 5.91 Å². The van der Waals surface area contributed by atoms with Gasteiger partial charge in [-0.15, -0.1) is 0 Å². The standard InChI is InChI=1S/C19H30N6O5/c1-11(2)15(30-19(22)29)17(27)25-14(4-3-9-23-18(21)28)16(26)24-13-7-5-12(10-20)6-8-13/h5-8,11,14-15H,3-4,9-10,20H2,1-2H3,(H2,22,29)(H,24,26)(H,25,27)(H3,21,23,28). The smallest absolute Gasteiger partial charge is 0.405 e. The highest BCUT2D eigenvalue weighted by Gasteiger charge is 2.29. The lowest BCUT2D eigenvalue weighted by atomic mass is 10.0. The first kappa shape index (κ1) is 24.7. The minimum absolute atomic E-state index is 0.208. The number of benzene rings is 1. The van der Waals surface area contributed by atoms with Crippen molar-refractivity contribution in [3.8, 4) is 0 Å². The van der Waals surface area contributed by atoms with Gasteiger partial charge in [0.1, 0.15) is 6.04 Å². The molecule has 0 aliphatic rings. The van der Waals surface area contributed by atoms with Gasteiger partial charge in [0.2, 0.25) is 5.91 Å². The van der Waals surface area contributed by atoms with Gasteiger partial charge in [-0.1, -0.05) is 26.0 Å². The van der Waals surface area contributed by atoms with Crippen LogP contribution < -0.4 is 33.2 Å². The van der Waals surface area contributed by atoms with E-state index < -0.39 is 36.1 Å². The maximum atomic E-state index is 12.8. The van der Waals surface area contributed by atoms with Crippen molar-refractivity contribution in [3.05, 3.63) is 29.8 Å². The molecule has 30 heavy (non-hydrogen) atoms. The summed E-state index contributed by atoms with van der Waals surface area (Å²) in [6, 6.07) is 5.31. The molecule has 0 aromatic heterocycles. The monoisotopic (exact) mass is 422 g/mol. The van der Waals surface area contributed by atoms with Gasteiger partial charge in [0.15, 0.2) is 6.10 Å². The highest BCUT2D eigenvalue weighted by Crippen LogP contribution is 2.12. The Kier molecular flexibility index (Phi) is 10.1. The first-order chi connectivity index (χ1) is 14.1. The molecule has 0 aliphatic carbocycles. The molecule has 11 nitrogen and oxygen atoms in total. The third kappa shape index (κ3) is 8.78. The van der Waals surface area contributed by atoms with Crippen LogP contribution >= 0.6 is 0 Å². The summed E-state index contributed by atoms with van der Waals surface area (Å²) in [4.78, 5) is 47.2. The van der Waals surface area contributed by atoms with E-state index in [4.69, 9.17) is 21.9 Å². The third-order valence-corrected chi connectivity index (χ3v) is 4.17. The van der Waals surface area contributed by atoms with Gasteiger partial charge in [-0.25, -0.2) is 9.59 Å². The number of amides is 5. The van der Waals surface area contributed by atoms with E-state index in [9.17, 15) is 19.2 Å². The number of ether oxygens (including phenoxy) is 1. The van der Waals surface area contributed by atoms with Gasteiger partial charge in [-0.05, 0) is 36.5 Å². The van der Waals surface area contributed by atoms with Crippen LogP contribution in [0.5, 0.6) is 0 Å². The lowest BCUT2D eigenvalue weighted by molar-refractivity contribution is -0.134. The second-order valence-electron chi connectivity index (χ2n) is 6.99. The number of hydrogen-bond donors (Lipinski definition) is 6. The van der Waals surface area contributed by atoms with Crippen molar-refractivity contribution in [2.24, 2.45) is 23.1 Å². The van der Waals surface area contributed by atoms with E-state index in [1.54, 1.807) is 38.1 Å². The van der Waals surface area contributed by atoms with Crippen LogP contribution in [-0.2, 0) is 20.9 Å². The maximum Gasteiger partial charge on any atom is 0.405 e. The summed E-state index contributed by atoms with van der Waals surface area (Å²) >= 11 is 0. The van der Waals surface area contributed by atoms with Crippen molar-refractivity contribution in [2.45, 2.75) is 45.4 Å². The highest BCUT2D eigenvalue weighted by atomic mass is 16.6. The average molecular weight is 422 g/mol. The van der Waals surface area contributed by atoms with E-state index in [1.165, 1.54) is 0 Å². The molecule has 11 heteroatoms. The average Bonchev–Trinajstić information content (AvgIpc) is 2.68. The fourth-order valence-corrected chi connectivity index (χ4v) is 2.61. The van der Waals surface area contributed by atoms with Crippen molar-refractivity contribution in [1.82, 2.24) is 10.6 Å². The molecule has 0 bridgehead atoms. The summed E-state index contributed by atoms with van der Waals surface area (Å²) < 4.78 is 4.86. The topological polar surface area (TPSA) is 192 Å². The molecule has 1 aromatic rings. The number of urea groups is 1. The Morgan fingerprint density at radius 3 is 2.17 bits per heavy atom. The second kappa shape index (κ2) is 12.3. The van der Waals surface area contributed by atoms with Crippen LogP contribution in [0.25, 0.3) is 0 Å². The quantitative estimate of drug-likeness (QED) is 0.275. The summed E-state index contributed by atoms with van der Waals surface area (Å²) in [5.41, 5.74) is 17.0. The van der Waals surface area contributed by atoms with Crippen LogP contribution in [0.3, 0.4) is 0 Å². The first-order valence-electron chi connectivity index (χ1n) is 9.53. The number of carbonyl (C=O) groups excluding carboxylic acids is 4. The van der Waals surface area contributed by atoms with Gasteiger partial charge in [-0.2, -0.15) is 0 Å². The Morgan fingerprint density at radius 1 is 1.03 bits per heavy atom. The van der Waals surface area contributed by atoms with Crippen LogP contribution in [0.15, 0.2) is 24.3 Å². The van der Waals surface area contributed by atoms with Crippen molar-refractivity contribution in [2.75, 3.05) is 11.9 Å². The molecule has 0 heterocycles. The SMILES string of the molecule is CC(C)C(OC(N)=O)C(=O)NC(CCCNC(N)=O)C(=O)Nc1ccc(CN)cc1. The molecular weight excluding hydrogens is 392 g/mol. The minimum atomic E-state index is -1.15. The van der Waals surface area contributed by atoms with E-state index >= 15 is 0 Å². The number of hydrogen-bond acceptors (Lipinski definition) is 6. The Balaban J connectivity index is 2.87. The number of nitrogens with two attached hydrogens (primary N) is 3. The predicted octanol–water partition coefficient (Wildman–Crippen LogP) is 0.137. The lowest BCUT2D eigenvalue weighted by Gasteiger charge is -2.24. The summed E-state index contributed by atoms with van der Waals surface area (Å²) in [7, 11) is 0. The van der Waals surface area contributed by atoms with Crippen molar-refractivity contribution in [1.29, 1.82) is 0 Å². The van der Waals surface area contributed by atoms with Crippen molar-refractivity contribution in [3.63, 3.8) is 0 Å². The predicted molar refractivity (Wildman–Crippen MR) is 111 cm³/mol. The first-order valence-corrected chi connectivity index (χ1v) is 9.53. The Morgan fingerprint density at radius 2 is 1.67 bits per heavy atom. The minimum Gasteiger partial charge on any atom is -0.436 e. The van der Waals surface area contributed by atoms with Crippen LogP contribution in [0.2, 0.25) is 0 Å². The van der Waals surface area contributed by atoms with Crippen LogP contribution in [-0.4, -0.2) is 42.6 Å². The molecule has 2 unspecified atom stereocenters. The summed E-state index contributed by atoms with van der Waals surface area (Å²) in [5.74, 6) is -1.48. The normalized spacial score (nSPS) is 12.5. The molecular formula is C19H30N6O5. The second-order valence-corrected chi connectivity index (χ2v) is 6.99. The number of nitrogens with one attached hydrogen (secondary N) is 3. The van der Waals surface area contributed by atoms with Crippen LogP contribution in [0.4, 0.5) is 15.3 Å². The maximum absolute atomic E-state index is 12.8. The van der Waals surface area contributed by atoms with Gasteiger partial charge < -0.3 is 37.9 Å². The zero-order chi connectivity index (χ0) is 22.7. The lowest BCUT2D eigenvalue weighted by Crippen LogP contribution is -2.50. The Labute approximate surface area is 175 Å². The van der Waals surface area contributed by atoms with E-state index in [0.29, 0.717) is 18.7 Å². The van der Waals surface area contributed by atoms with Gasteiger partial charge in [0.05, 0.1) is 0 Å². The van der Waals surface area contributed by atoms with Crippen molar-refractivity contribution < 1.29 is 23.9 Å². The highest BCUT2D eigenvalue weighted by molar-refractivity contribution is 5.98. The molecule has 166 valence electrons. The Bertz CT molecular complexity index is 737. The molecule has 0 fully saturated rings. The number of carbonyl (C=O) groups is 4. The summed E-state index contributed by atoms with van der Waals surface area (Å²) in [6.45, 7) is 3.96. The molecule has 0 spiro atoms. The van der Waals surface area contributed by atoms with Gasteiger partial charge in [-0.3, -0.25) is 9.59 Å². The zero-order valence-corrected chi connectivity index (χ0v) is 17.1. The number of rotatable bonds is 11. The Hall–Kier alpha value is -3.34. The summed E-state index contributed by atoms with van der Waals surface area (Å²) in [6.07, 6.45) is -1.66. The van der Waals surface area contributed by atoms with E-state index in [0.717, 1.165) is 5.56 Å². The third-order valence-electron chi connectivity index (χ3n) is 4.17. The van der Waals surface area contributed by atoms with Gasteiger partial charge >= 0.3 is 12.1 Å². The fourth-order valence-electron chi connectivity index (χ4n) is 2.61. The zero-order valence-electron chi connectivity index (χ0n) is 17.1. The molecule has 2 atom stereocenters. The van der Waals surface area contributed by atoms with E-state index in [-0.39, 0.29) is 18.9 Å².